The van der Waals surface area contributed by atoms with Crippen LogP contribution in [0.1, 0.15) is 45.7 Å². The average Bonchev–Trinajstić information content (AvgIpc) is 3.43. The molecular formula is C26H29N3O4. The molecule has 0 saturated carbocycles. The molecule has 3 heterocycles. The maximum atomic E-state index is 13.1. The molecule has 0 radical (unpaired) electrons. The molecule has 33 heavy (non-hydrogen) atoms. The summed E-state index contributed by atoms with van der Waals surface area (Å²) < 4.78 is 18.7. The van der Waals surface area contributed by atoms with E-state index in [2.05, 4.69) is 28.6 Å². The number of rotatable bonds is 6. The van der Waals surface area contributed by atoms with Crippen LogP contribution in [-0.2, 0) is 16.7 Å². The van der Waals surface area contributed by atoms with E-state index in [-0.39, 0.29) is 18.1 Å². The minimum absolute atomic E-state index is 0.0724. The minimum Gasteiger partial charge on any atom is -0.454 e. The van der Waals surface area contributed by atoms with Crippen molar-refractivity contribution in [2.75, 3.05) is 26.6 Å². The molecule has 1 saturated heterocycles. The highest BCUT2D eigenvalue weighted by atomic mass is 16.7. The first-order valence-corrected chi connectivity index (χ1v) is 11.4. The molecule has 1 amide bonds. The Bertz CT molecular complexity index is 1160. The lowest BCUT2D eigenvalue weighted by molar-refractivity contribution is 0.0486. The van der Waals surface area contributed by atoms with E-state index < -0.39 is 0 Å². The van der Waals surface area contributed by atoms with Crippen molar-refractivity contribution in [2.24, 2.45) is 0 Å². The van der Waals surface area contributed by atoms with Gasteiger partial charge in [-0.3, -0.25) is 9.48 Å². The van der Waals surface area contributed by atoms with Gasteiger partial charge in [0.05, 0.1) is 12.2 Å². The molecule has 0 unspecified atom stereocenters. The quantitative estimate of drug-likeness (QED) is 0.623. The summed E-state index contributed by atoms with van der Waals surface area (Å²) in [5.74, 6) is 1.46. The number of hydrogen-bond acceptors (Lipinski definition) is 5. The van der Waals surface area contributed by atoms with Gasteiger partial charge in [-0.15, -0.1) is 0 Å². The van der Waals surface area contributed by atoms with Crippen LogP contribution in [0.15, 0.2) is 48.5 Å². The number of benzene rings is 2. The standard InChI is InChI=1S/C26H29N3O4/c1-18-12-19(2)29(28-18)15-20-4-3-5-21(13-20)25(30)27-16-26(8-10-31-11-9-26)22-6-7-23-24(14-22)33-17-32-23/h3-7,12-14H,8-11,15-17H2,1-2H3,(H,27,30). The van der Waals surface area contributed by atoms with Gasteiger partial charge in [-0.25, -0.2) is 0 Å². The largest absolute Gasteiger partial charge is 0.454 e. The second-order valence-electron chi connectivity index (χ2n) is 8.93. The number of ether oxygens (including phenoxy) is 3. The zero-order valence-electron chi connectivity index (χ0n) is 19.1. The van der Waals surface area contributed by atoms with E-state index in [1.807, 2.05) is 48.9 Å². The summed E-state index contributed by atoms with van der Waals surface area (Å²) in [6.45, 7) is 6.79. The molecule has 2 aliphatic rings. The third kappa shape index (κ3) is 4.46. The molecule has 0 spiro atoms. The van der Waals surface area contributed by atoms with Crippen molar-refractivity contribution in [3.05, 3.63) is 76.6 Å². The van der Waals surface area contributed by atoms with E-state index in [0.717, 1.165) is 46.9 Å². The monoisotopic (exact) mass is 447 g/mol. The van der Waals surface area contributed by atoms with Gasteiger partial charge in [0, 0.05) is 36.4 Å². The Labute approximate surface area is 193 Å². The van der Waals surface area contributed by atoms with Crippen LogP contribution in [0.4, 0.5) is 0 Å². The Kier molecular flexibility index (Phi) is 5.81. The van der Waals surface area contributed by atoms with E-state index in [1.165, 1.54) is 0 Å². The molecule has 2 aliphatic heterocycles. The van der Waals surface area contributed by atoms with Crippen LogP contribution >= 0.6 is 0 Å². The SMILES string of the molecule is Cc1cc(C)n(Cc2cccc(C(=O)NCC3(c4ccc5c(c4)OCO5)CCOCC3)c2)n1. The maximum Gasteiger partial charge on any atom is 0.251 e. The summed E-state index contributed by atoms with van der Waals surface area (Å²) in [6, 6.07) is 15.9. The third-order valence-electron chi connectivity index (χ3n) is 6.65. The Hall–Kier alpha value is -3.32. The van der Waals surface area contributed by atoms with Crippen LogP contribution in [0.25, 0.3) is 0 Å². The topological polar surface area (TPSA) is 74.6 Å². The lowest BCUT2D eigenvalue weighted by Gasteiger charge is -2.38. The minimum atomic E-state index is -0.198. The fraction of sp³-hybridized carbons (Fsp3) is 0.385. The number of fused-ring (bicyclic) bond motifs is 1. The summed E-state index contributed by atoms with van der Waals surface area (Å²) in [5.41, 5.74) is 4.75. The van der Waals surface area contributed by atoms with E-state index in [0.29, 0.717) is 31.9 Å². The lowest BCUT2D eigenvalue weighted by Crippen LogP contribution is -2.44. The molecule has 7 nitrogen and oxygen atoms in total. The first-order valence-electron chi connectivity index (χ1n) is 11.4. The van der Waals surface area contributed by atoms with E-state index in [9.17, 15) is 4.79 Å². The van der Waals surface area contributed by atoms with Crippen LogP contribution in [0.3, 0.4) is 0 Å². The first-order chi connectivity index (χ1) is 16.0. The van der Waals surface area contributed by atoms with Crippen LogP contribution in [0.2, 0.25) is 0 Å². The summed E-state index contributed by atoms with van der Waals surface area (Å²) in [5, 5.41) is 7.72. The number of nitrogens with zero attached hydrogens (tertiary/aromatic N) is 2. The molecule has 1 N–H and O–H groups in total. The van der Waals surface area contributed by atoms with Crippen molar-refractivity contribution in [3.63, 3.8) is 0 Å². The second-order valence-corrected chi connectivity index (χ2v) is 8.93. The average molecular weight is 448 g/mol. The van der Waals surface area contributed by atoms with Gasteiger partial charge in [0.2, 0.25) is 6.79 Å². The maximum absolute atomic E-state index is 13.1. The summed E-state index contributed by atoms with van der Waals surface area (Å²) in [7, 11) is 0. The third-order valence-corrected chi connectivity index (χ3v) is 6.65. The highest BCUT2D eigenvalue weighted by molar-refractivity contribution is 5.94. The summed E-state index contributed by atoms with van der Waals surface area (Å²) in [6.07, 6.45) is 1.68. The van der Waals surface area contributed by atoms with Crippen LogP contribution < -0.4 is 14.8 Å². The fourth-order valence-corrected chi connectivity index (χ4v) is 4.73. The highest BCUT2D eigenvalue weighted by Crippen LogP contribution is 2.40. The Morgan fingerprint density at radius 2 is 1.88 bits per heavy atom. The van der Waals surface area contributed by atoms with Gasteiger partial charge >= 0.3 is 0 Å². The van der Waals surface area contributed by atoms with Gasteiger partial charge in [0.25, 0.3) is 5.91 Å². The number of aromatic nitrogens is 2. The Morgan fingerprint density at radius 3 is 2.67 bits per heavy atom. The van der Waals surface area contributed by atoms with Crippen LogP contribution in [0, 0.1) is 13.8 Å². The number of carbonyl (C=O) groups is 1. The molecule has 0 aliphatic carbocycles. The van der Waals surface area contributed by atoms with Gasteiger partial charge in [0.1, 0.15) is 0 Å². The Balaban J connectivity index is 1.32. The molecule has 1 fully saturated rings. The number of amides is 1. The van der Waals surface area contributed by atoms with Crippen molar-refractivity contribution in [1.82, 2.24) is 15.1 Å². The zero-order valence-corrected chi connectivity index (χ0v) is 19.1. The van der Waals surface area contributed by atoms with Crippen LogP contribution in [0.5, 0.6) is 11.5 Å². The van der Waals surface area contributed by atoms with Gasteiger partial charge in [-0.2, -0.15) is 5.10 Å². The molecule has 5 rings (SSSR count). The number of carbonyl (C=O) groups excluding carboxylic acids is 1. The number of hydrogen-bond donors (Lipinski definition) is 1. The molecule has 172 valence electrons. The number of aryl methyl sites for hydroxylation is 2. The van der Waals surface area contributed by atoms with Crippen molar-refractivity contribution in [3.8, 4) is 11.5 Å². The van der Waals surface area contributed by atoms with Crippen molar-refractivity contribution in [1.29, 1.82) is 0 Å². The van der Waals surface area contributed by atoms with E-state index >= 15 is 0 Å². The van der Waals surface area contributed by atoms with Gasteiger partial charge in [-0.1, -0.05) is 18.2 Å². The zero-order chi connectivity index (χ0) is 22.8. The predicted octanol–water partition coefficient (Wildman–Crippen LogP) is 3.76. The highest BCUT2D eigenvalue weighted by Gasteiger charge is 2.36. The van der Waals surface area contributed by atoms with Crippen molar-refractivity contribution >= 4 is 5.91 Å². The summed E-state index contributed by atoms with van der Waals surface area (Å²) in [4.78, 5) is 13.1. The van der Waals surface area contributed by atoms with Crippen molar-refractivity contribution < 1.29 is 19.0 Å². The molecule has 1 aromatic heterocycles. The molecule has 0 bridgehead atoms. The summed E-state index contributed by atoms with van der Waals surface area (Å²) >= 11 is 0. The van der Waals surface area contributed by atoms with Gasteiger partial charge in [0.15, 0.2) is 11.5 Å². The molecule has 0 atom stereocenters. The second kappa shape index (κ2) is 8.90. The van der Waals surface area contributed by atoms with Gasteiger partial charge < -0.3 is 19.5 Å². The first kappa shape index (κ1) is 21.5. The van der Waals surface area contributed by atoms with Crippen LogP contribution in [-0.4, -0.2) is 42.2 Å². The van der Waals surface area contributed by atoms with E-state index in [1.54, 1.807) is 0 Å². The smallest absolute Gasteiger partial charge is 0.251 e. The fourth-order valence-electron chi connectivity index (χ4n) is 4.73. The normalized spacial score (nSPS) is 16.5. The molecular weight excluding hydrogens is 418 g/mol. The molecule has 7 heteroatoms. The molecule has 2 aromatic carbocycles. The lowest BCUT2D eigenvalue weighted by atomic mass is 9.74. The Morgan fingerprint density at radius 1 is 1.06 bits per heavy atom. The van der Waals surface area contributed by atoms with E-state index in [4.69, 9.17) is 14.2 Å². The predicted molar refractivity (Wildman–Crippen MR) is 124 cm³/mol. The molecule has 3 aromatic rings. The van der Waals surface area contributed by atoms with Crippen molar-refractivity contribution in [2.45, 2.75) is 38.6 Å². The number of nitrogens with one attached hydrogen (secondary N) is 1. The van der Waals surface area contributed by atoms with Gasteiger partial charge in [-0.05, 0) is 68.1 Å².